The number of benzene rings is 2. The maximum atomic E-state index is 8.37. The topological polar surface area (TPSA) is 95.9 Å². The smallest absolute Gasteiger partial charge is 0.142 e. The molecular weight excluding hydrogens is 653 g/mol. The molecule has 4 aromatic heterocycles. The number of para-hydroxylation sites is 2. The monoisotopic (exact) mass is 690 g/mol. The van der Waals surface area contributed by atoms with E-state index in [1.807, 2.05) is 18.5 Å². The molecule has 10 rings (SSSR count). The quantitative estimate of drug-likeness (QED) is 0.146. The molecular formula is C45H38N8. The van der Waals surface area contributed by atoms with Crippen LogP contribution >= 0.6 is 0 Å². The Kier molecular flexibility index (Phi) is 7.60. The predicted molar refractivity (Wildman–Crippen MR) is 216 cm³/mol. The lowest BCUT2D eigenvalue weighted by molar-refractivity contribution is 0.628. The first-order valence-electron chi connectivity index (χ1n) is 18.5. The van der Waals surface area contributed by atoms with Gasteiger partial charge in [-0.2, -0.15) is 0 Å². The van der Waals surface area contributed by atoms with Crippen LogP contribution in [0.25, 0.3) is 56.7 Å². The molecule has 53 heavy (non-hydrogen) atoms. The second kappa shape index (κ2) is 12.9. The normalized spacial score (nSPS) is 17.7. The average molecular weight is 691 g/mol. The van der Waals surface area contributed by atoms with Crippen LogP contribution in [0.3, 0.4) is 0 Å². The van der Waals surface area contributed by atoms with Crippen molar-refractivity contribution in [2.75, 3.05) is 0 Å². The predicted octanol–water partition coefficient (Wildman–Crippen LogP) is 8.95. The van der Waals surface area contributed by atoms with E-state index in [9.17, 15) is 0 Å². The Morgan fingerprint density at radius 3 is 1.87 bits per heavy atom. The van der Waals surface area contributed by atoms with E-state index in [2.05, 4.69) is 129 Å². The first-order valence-corrected chi connectivity index (χ1v) is 18.5. The lowest BCUT2D eigenvalue weighted by atomic mass is 10.0. The van der Waals surface area contributed by atoms with Crippen molar-refractivity contribution < 1.29 is 0 Å². The molecule has 6 aromatic rings. The summed E-state index contributed by atoms with van der Waals surface area (Å²) in [5, 5.41) is 18.3. The molecule has 1 unspecified atom stereocenters. The van der Waals surface area contributed by atoms with Crippen molar-refractivity contribution >= 4 is 57.3 Å². The Balaban J connectivity index is 1.08. The van der Waals surface area contributed by atoms with E-state index in [0.29, 0.717) is 17.1 Å². The molecule has 0 saturated carbocycles. The van der Waals surface area contributed by atoms with Gasteiger partial charge in [0.1, 0.15) is 17.6 Å². The number of rotatable bonds is 7. The third kappa shape index (κ3) is 5.29. The number of aryl methyl sites for hydroxylation is 2. The third-order valence-corrected chi connectivity index (χ3v) is 10.8. The van der Waals surface area contributed by atoms with Crippen LogP contribution in [-0.2, 0) is 12.8 Å². The summed E-state index contributed by atoms with van der Waals surface area (Å²) in [5.74, 6) is 0. The van der Waals surface area contributed by atoms with Crippen molar-refractivity contribution in [1.29, 1.82) is 5.41 Å². The van der Waals surface area contributed by atoms with Gasteiger partial charge in [0.05, 0.1) is 51.9 Å². The summed E-state index contributed by atoms with van der Waals surface area (Å²) in [4.78, 5) is 15.2. The van der Waals surface area contributed by atoms with E-state index in [-0.39, 0.29) is 0 Å². The van der Waals surface area contributed by atoms with Crippen LogP contribution in [0.4, 0.5) is 0 Å². The highest BCUT2D eigenvalue weighted by molar-refractivity contribution is 6.34. The first-order chi connectivity index (χ1) is 26.2. The average Bonchev–Trinajstić information content (AvgIpc) is 3.74. The van der Waals surface area contributed by atoms with E-state index >= 15 is 0 Å². The molecule has 1 aliphatic heterocycles. The Morgan fingerprint density at radius 1 is 0.698 bits per heavy atom. The third-order valence-electron chi connectivity index (χ3n) is 10.8. The Bertz CT molecular complexity index is 2620. The molecule has 3 N–H and O–H groups in total. The van der Waals surface area contributed by atoms with Crippen molar-refractivity contribution in [1.82, 2.24) is 29.7 Å². The number of allylic oxidation sites excluding steroid dienone is 6. The van der Waals surface area contributed by atoms with Gasteiger partial charge in [-0.3, -0.25) is 9.97 Å². The largest absolute Gasteiger partial charge is 0.364 e. The molecule has 0 amide bonds. The highest BCUT2D eigenvalue weighted by atomic mass is 15.2. The Hall–Kier alpha value is -6.54. The zero-order chi connectivity index (χ0) is 35.3. The molecule has 8 nitrogen and oxygen atoms in total. The van der Waals surface area contributed by atoms with Crippen LogP contribution in [0.15, 0.2) is 126 Å². The highest BCUT2D eigenvalue weighted by Gasteiger charge is 2.28. The van der Waals surface area contributed by atoms with Gasteiger partial charge in [0.25, 0.3) is 0 Å². The van der Waals surface area contributed by atoms with Crippen molar-refractivity contribution in [2.24, 2.45) is 4.99 Å². The molecule has 5 heterocycles. The van der Waals surface area contributed by atoms with Crippen LogP contribution in [0.5, 0.6) is 0 Å². The number of fused-ring (bicyclic) bond motifs is 6. The molecule has 3 aliphatic carbocycles. The van der Waals surface area contributed by atoms with E-state index in [0.717, 1.165) is 67.0 Å². The molecule has 0 bridgehead atoms. The fraction of sp³-hybridized carbons (Fsp3) is 0.156. The number of hydrogen-bond acceptors (Lipinski definition) is 6. The molecule has 0 fully saturated rings. The van der Waals surface area contributed by atoms with E-state index < -0.39 is 6.17 Å². The van der Waals surface area contributed by atoms with Crippen molar-refractivity contribution in [3.63, 3.8) is 0 Å². The SMILES string of the molecule is N=CC1=NC(c2ccc(-n3c4c(c5ccccc53)CCC=C4)cn2)=C(c2ccc(-n3c4c(c5ccccc53)CCC=C4)cn2)NC1NC1=CC=CCC1. The van der Waals surface area contributed by atoms with Crippen LogP contribution < -0.4 is 10.6 Å². The fourth-order valence-corrected chi connectivity index (χ4v) is 8.31. The summed E-state index contributed by atoms with van der Waals surface area (Å²) in [6.45, 7) is 0. The number of aliphatic imine (C=N–C) groups is 1. The minimum Gasteiger partial charge on any atom is -0.364 e. The maximum absolute atomic E-state index is 8.37. The van der Waals surface area contributed by atoms with Crippen LogP contribution in [-0.4, -0.2) is 37.2 Å². The van der Waals surface area contributed by atoms with Gasteiger partial charge >= 0.3 is 0 Å². The van der Waals surface area contributed by atoms with Gasteiger partial charge in [0.2, 0.25) is 0 Å². The van der Waals surface area contributed by atoms with E-state index in [1.165, 1.54) is 50.5 Å². The van der Waals surface area contributed by atoms with Gasteiger partial charge in [-0.15, -0.1) is 0 Å². The van der Waals surface area contributed by atoms with Crippen molar-refractivity contribution in [3.05, 3.63) is 155 Å². The summed E-state index contributed by atoms with van der Waals surface area (Å²) >= 11 is 0. The molecule has 0 saturated heterocycles. The molecule has 1 atom stereocenters. The van der Waals surface area contributed by atoms with E-state index in [1.54, 1.807) is 0 Å². The lowest BCUT2D eigenvalue weighted by Crippen LogP contribution is -2.49. The summed E-state index contributed by atoms with van der Waals surface area (Å²) in [6.07, 6.45) is 26.2. The standard InChI is InChI=1S/C45H38N8/c46-26-38-45(49-29-12-2-1-3-13-29)51-44(37-25-23-31(28-48-37)53-41-20-10-6-16-34(41)35-17-7-11-21-42(35)53)43(50-38)36-24-22-30(27-47-36)52-39-18-8-4-14-32(39)33-15-5-9-19-40(33)52/h1-2,4,6,8-12,14,16,18-28,45-46,49,51H,3,5,7,13,15,17H2. The van der Waals surface area contributed by atoms with Crippen LogP contribution in [0.2, 0.25) is 0 Å². The second-order valence-corrected chi connectivity index (χ2v) is 13.9. The van der Waals surface area contributed by atoms with Crippen molar-refractivity contribution in [2.45, 2.75) is 44.7 Å². The minimum atomic E-state index is -0.403. The molecule has 4 aliphatic rings. The van der Waals surface area contributed by atoms with Gasteiger partial charge in [0.15, 0.2) is 0 Å². The molecule has 8 heteroatoms. The summed E-state index contributed by atoms with van der Waals surface area (Å²) in [7, 11) is 0. The molecule has 258 valence electrons. The molecule has 2 aromatic carbocycles. The fourth-order valence-electron chi connectivity index (χ4n) is 8.31. The van der Waals surface area contributed by atoms with Crippen molar-refractivity contribution in [3.8, 4) is 11.4 Å². The number of aromatic nitrogens is 4. The van der Waals surface area contributed by atoms with Gasteiger partial charge in [-0.25, -0.2) is 4.99 Å². The first kappa shape index (κ1) is 31.2. The van der Waals surface area contributed by atoms with Gasteiger partial charge in [0, 0.05) is 34.1 Å². The summed E-state index contributed by atoms with van der Waals surface area (Å²) in [6, 6.07) is 25.6. The summed E-state index contributed by atoms with van der Waals surface area (Å²) < 4.78 is 4.63. The molecule has 0 spiro atoms. The maximum Gasteiger partial charge on any atom is 0.142 e. The number of hydrogen-bond donors (Lipinski definition) is 3. The number of nitrogens with zero attached hydrogens (tertiary/aromatic N) is 5. The van der Waals surface area contributed by atoms with Crippen LogP contribution in [0, 0.1) is 5.41 Å². The second-order valence-electron chi connectivity index (χ2n) is 13.9. The highest BCUT2D eigenvalue weighted by Crippen LogP contribution is 2.36. The zero-order valence-electron chi connectivity index (χ0n) is 29.3. The number of pyridine rings is 2. The van der Waals surface area contributed by atoms with Gasteiger partial charge < -0.3 is 25.2 Å². The molecule has 0 radical (unpaired) electrons. The Morgan fingerprint density at radius 2 is 1.30 bits per heavy atom. The van der Waals surface area contributed by atoms with Gasteiger partial charge in [-0.05, 0) is 104 Å². The van der Waals surface area contributed by atoms with Crippen LogP contribution in [0.1, 0.15) is 59.6 Å². The number of nitrogens with one attached hydrogen (secondary N) is 3. The summed E-state index contributed by atoms with van der Waals surface area (Å²) in [5.41, 5.74) is 14.1. The minimum absolute atomic E-state index is 0.403. The van der Waals surface area contributed by atoms with E-state index in [4.69, 9.17) is 20.4 Å². The lowest BCUT2D eigenvalue weighted by Gasteiger charge is -2.30. The zero-order valence-corrected chi connectivity index (χ0v) is 29.3. The van der Waals surface area contributed by atoms with Gasteiger partial charge in [-0.1, -0.05) is 60.7 Å². The Labute approximate surface area is 307 Å².